The van der Waals surface area contributed by atoms with Crippen molar-refractivity contribution in [3.8, 4) is 11.8 Å². The number of aliphatic hydroxyl groups is 2. The molecule has 0 aliphatic rings. The van der Waals surface area contributed by atoms with Crippen molar-refractivity contribution in [2.24, 2.45) is 0 Å². The Bertz CT molecular complexity index is 705. The number of nitrogens with one attached hydrogen (secondary N) is 2. The van der Waals surface area contributed by atoms with Gasteiger partial charge >= 0.3 is 6.03 Å². The highest BCUT2D eigenvalue weighted by atomic mass is 16.3. The van der Waals surface area contributed by atoms with Gasteiger partial charge in [-0.1, -0.05) is 36.1 Å². The normalized spacial score (nSPS) is 11.0. The van der Waals surface area contributed by atoms with Gasteiger partial charge < -0.3 is 20.8 Å². The molecule has 0 spiro atoms. The number of carbonyl (C=O) groups excluding carboxylic acids is 1. The lowest BCUT2D eigenvalue weighted by molar-refractivity contribution is 0.0965. The molecule has 2 aromatic rings. The maximum atomic E-state index is 11.7. The molecule has 2 amide bonds. The van der Waals surface area contributed by atoms with Crippen LogP contribution in [-0.4, -0.2) is 35.5 Å². The number of urea groups is 1. The Morgan fingerprint density at radius 2 is 1.74 bits per heavy atom. The number of aliphatic hydroxyl groups excluding tert-OH is 2. The highest BCUT2D eigenvalue weighted by Gasteiger charge is 2.05. The average Bonchev–Trinajstić information content (AvgIpc) is 2.59. The Morgan fingerprint density at radius 3 is 2.48 bits per heavy atom. The average molecular weight is 310 g/mol. The second-order valence-corrected chi connectivity index (χ2v) is 4.87. The van der Waals surface area contributed by atoms with Crippen LogP contribution in [0.1, 0.15) is 11.1 Å². The molecule has 0 unspecified atom stereocenters. The molecule has 2 rings (SSSR count). The topological polar surface area (TPSA) is 81.6 Å². The molecule has 0 saturated heterocycles. The van der Waals surface area contributed by atoms with E-state index >= 15 is 0 Å². The molecule has 23 heavy (non-hydrogen) atoms. The second-order valence-electron chi connectivity index (χ2n) is 4.87. The minimum atomic E-state index is -0.969. The highest BCUT2D eigenvalue weighted by molar-refractivity contribution is 5.89. The molecule has 0 heterocycles. The van der Waals surface area contributed by atoms with Crippen LogP contribution in [0.3, 0.4) is 0 Å². The molecule has 5 nitrogen and oxygen atoms in total. The molecule has 0 aliphatic heterocycles. The molecule has 2 aromatic carbocycles. The first-order chi connectivity index (χ1) is 11.2. The number of hydrogen-bond acceptors (Lipinski definition) is 3. The van der Waals surface area contributed by atoms with Gasteiger partial charge in [0.2, 0.25) is 0 Å². The summed E-state index contributed by atoms with van der Waals surface area (Å²) in [5.41, 5.74) is 2.30. The number of benzene rings is 2. The van der Waals surface area contributed by atoms with Crippen molar-refractivity contribution in [3.63, 3.8) is 0 Å². The van der Waals surface area contributed by atoms with Gasteiger partial charge in [0.05, 0.1) is 12.7 Å². The Morgan fingerprint density at radius 1 is 1.04 bits per heavy atom. The maximum absolute atomic E-state index is 11.7. The molecular formula is C18H18N2O3. The first kappa shape index (κ1) is 16.6. The largest absolute Gasteiger partial charge is 0.394 e. The fourth-order valence-corrected chi connectivity index (χ4v) is 1.79. The lowest BCUT2D eigenvalue weighted by Crippen LogP contribution is -2.36. The number of rotatable bonds is 4. The summed E-state index contributed by atoms with van der Waals surface area (Å²) in [7, 11) is 0. The maximum Gasteiger partial charge on any atom is 0.319 e. The molecule has 0 bridgehead atoms. The van der Waals surface area contributed by atoms with E-state index in [2.05, 4.69) is 22.5 Å². The first-order valence-electron chi connectivity index (χ1n) is 7.18. The fourth-order valence-electron chi connectivity index (χ4n) is 1.79. The van der Waals surface area contributed by atoms with Crippen molar-refractivity contribution in [1.29, 1.82) is 0 Å². The third kappa shape index (κ3) is 5.83. The number of carbonyl (C=O) groups is 1. The van der Waals surface area contributed by atoms with E-state index in [0.717, 1.165) is 11.1 Å². The molecule has 0 radical (unpaired) electrons. The zero-order chi connectivity index (χ0) is 16.5. The molecular weight excluding hydrogens is 292 g/mol. The van der Waals surface area contributed by atoms with Crippen molar-refractivity contribution < 1.29 is 15.0 Å². The summed E-state index contributed by atoms with van der Waals surface area (Å²) >= 11 is 0. The van der Waals surface area contributed by atoms with Crippen LogP contribution in [0.15, 0.2) is 54.6 Å². The minimum Gasteiger partial charge on any atom is -0.394 e. The summed E-state index contributed by atoms with van der Waals surface area (Å²) in [6.07, 6.45) is -0.969. The van der Waals surface area contributed by atoms with Gasteiger partial charge in [0.1, 0.15) is 0 Å². The molecule has 118 valence electrons. The van der Waals surface area contributed by atoms with E-state index in [1.54, 1.807) is 18.2 Å². The van der Waals surface area contributed by atoms with Gasteiger partial charge in [-0.2, -0.15) is 0 Å². The molecule has 0 aromatic heterocycles. The number of amides is 2. The van der Waals surface area contributed by atoms with E-state index in [9.17, 15) is 9.90 Å². The number of hydrogen-bond donors (Lipinski definition) is 4. The van der Waals surface area contributed by atoms with E-state index in [0.29, 0.717) is 5.69 Å². The molecule has 5 heteroatoms. The second kappa shape index (κ2) is 8.59. The van der Waals surface area contributed by atoms with E-state index in [1.165, 1.54) is 0 Å². The van der Waals surface area contributed by atoms with Gasteiger partial charge in [0.25, 0.3) is 0 Å². The first-order valence-corrected chi connectivity index (χ1v) is 7.18. The van der Waals surface area contributed by atoms with Crippen LogP contribution in [0.2, 0.25) is 0 Å². The van der Waals surface area contributed by atoms with Gasteiger partial charge in [-0.05, 0) is 30.3 Å². The van der Waals surface area contributed by atoms with Crippen molar-refractivity contribution in [2.75, 3.05) is 18.5 Å². The quantitative estimate of drug-likeness (QED) is 0.647. The Labute approximate surface area is 135 Å². The van der Waals surface area contributed by atoms with Crippen molar-refractivity contribution in [1.82, 2.24) is 5.32 Å². The van der Waals surface area contributed by atoms with Crippen LogP contribution in [0.25, 0.3) is 0 Å². The van der Waals surface area contributed by atoms with Crippen LogP contribution in [-0.2, 0) is 0 Å². The molecule has 0 aliphatic carbocycles. The minimum absolute atomic E-state index is 0.0180. The SMILES string of the molecule is O=C(NC[C@@H](O)CO)Nc1cccc(C#Cc2ccccc2)c1. The summed E-state index contributed by atoms with van der Waals surface area (Å²) in [5, 5.41) is 23.0. The lowest BCUT2D eigenvalue weighted by atomic mass is 10.1. The standard InChI is InChI=1S/C18H18N2O3/c21-13-17(22)12-19-18(23)20-16-8-4-7-15(11-16)10-9-14-5-2-1-3-6-14/h1-8,11,17,21-22H,12-13H2,(H2,19,20,23)/t17-/m1/s1. The van der Waals surface area contributed by atoms with E-state index in [4.69, 9.17) is 5.11 Å². The van der Waals surface area contributed by atoms with Gasteiger partial charge in [0.15, 0.2) is 0 Å². The van der Waals surface area contributed by atoms with Crippen LogP contribution >= 0.6 is 0 Å². The van der Waals surface area contributed by atoms with E-state index in [-0.39, 0.29) is 6.54 Å². The van der Waals surface area contributed by atoms with Crippen LogP contribution in [0.5, 0.6) is 0 Å². The van der Waals surface area contributed by atoms with E-state index in [1.807, 2.05) is 36.4 Å². The van der Waals surface area contributed by atoms with Crippen LogP contribution in [0, 0.1) is 11.8 Å². The zero-order valence-corrected chi connectivity index (χ0v) is 12.5. The van der Waals surface area contributed by atoms with Crippen LogP contribution < -0.4 is 10.6 Å². The van der Waals surface area contributed by atoms with Gasteiger partial charge in [-0.3, -0.25) is 0 Å². The summed E-state index contributed by atoms with van der Waals surface area (Å²) in [5.74, 6) is 6.09. The summed E-state index contributed by atoms with van der Waals surface area (Å²) in [6.45, 7) is -0.416. The Hall–Kier alpha value is -2.81. The molecule has 0 saturated carbocycles. The van der Waals surface area contributed by atoms with Gasteiger partial charge in [-0.25, -0.2) is 4.79 Å². The number of anilines is 1. The van der Waals surface area contributed by atoms with Crippen LogP contribution in [0.4, 0.5) is 10.5 Å². The third-order valence-electron chi connectivity index (χ3n) is 2.95. The Kier molecular flexibility index (Phi) is 6.18. The third-order valence-corrected chi connectivity index (χ3v) is 2.95. The summed E-state index contributed by atoms with van der Waals surface area (Å²) in [4.78, 5) is 11.7. The fraction of sp³-hybridized carbons (Fsp3) is 0.167. The summed E-state index contributed by atoms with van der Waals surface area (Å²) in [6, 6.07) is 16.3. The molecule has 0 fully saturated rings. The van der Waals surface area contributed by atoms with Gasteiger partial charge in [0, 0.05) is 23.4 Å². The smallest absolute Gasteiger partial charge is 0.319 e. The van der Waals surface area contributed by atoms with Gasteiger partial charge in [-0.15, -0.1) is 0 Å². The van der Waals surface area contributed by atoms with Crippen molar-refractivity contribution >= 4 is 11.7 Å². The molecule has 1 atom stereocenters. The predicted octanol–water partition coefficient (Wildman–Crippen LogP) is 1.56. The monoisotopic (exact) mass is 310 g/mol. The molecule has 4 N–H and O–H groups in total. The van der Waals surface area contributed by atoms with E-state index < -0.39 is 18.7 Å². The van der Waals surface area contributed by atoms with Crippen molar-refractivity contribution in [2.45, 2.75) is 6.10 Å². The summed E-state index contributed by atoms with van der Waals surface area (Å²) < 4.78 is 0. The highest BCUT2D eigenvalue weighted by Crippen LogP contribution is 2.10. The Balaban J connectivity index is 1.97. The lowest BCUT2D eigenvalue weighted by Gasteiger charge is -2.10. The predicted molar refractivity (Wildman–Crippen MR) is 89.0 cm³/mol. The van der Waals surface area contributed by atoms with Crippen molar-refractivity contribution in [3.05, 3.63) is 65.7 Å². The zero-order valence-electron chi connectivity index (χ0n) is 12.5.